The van der Waals surface area contributed by atoms with Crippen molar-refractivity contribution in [2.24, 2.45) is 17.8 Å². The van der Waals surface area contributed by atoms with Crippen LogP contribution in [-0.4, -0.2) is 47.5 Å². The zero-order valence-corrected chi connectivity index (χ0v) is 16.5. The Hall–Kier alpha value is -1.88. The highest BCUT2D eigenvalue weighted by Crippen LogP contribution is 2.57. The second-order valence-corrected chi connectivity index (χ2v) is 9.25. The molecule has 2 bridgehead atoms. The van der Waals surface area contributed by atoms with Crippen molar-refractivity contribution in [1.82, 2.24) is 4.90 Å². The van der Waals surface area contributed by atoms with Crippen molar-refractivity contribution >= 4 is 11.8 Å². The van der Waals surface area contributed by atoms with Crippen LogP contribution in [0.5, 0.6) is 5.75 Å². The fourth-order valence-electron chi connectivity index (χ4n) is 6.20. The quantitative estimate of drug-likeness (QED) is 0.640. The number of aromatic hydroxyl groups is 1. The average molecular weight is 383 g/mol. The highest BCUT2D eigenvalue weighted by atomic mass is 16.5. The first-order valence-electron chi connectivity index (χ1n) is 10.8. The Kier molecular flexibility index (Phi) is 4.27. The molecule has 2 saturated carbocycles. The number of fused-ring (bicyclic) bond motifs is 1. The summed E-state index contributed by atoms with van der Waals surface area (Å²) < 4.78 is 5.23. The number of nitrogens with zero attached hydrogens (tertiary/aromatic N) is 1. The molecular formula is C23H29NO4. The minimum absolute atomic E-state index is 0.0142. The number of phenols is 1. The van der Waals surface area contributed by atoms with Crippen LogP contribution in [0.15, 0.2) is 18.2 Å². The van der Waals surface area contributed by atoms with E-state index in [-0.39, 0.29) is 28.8 Å². The van der Waals surface area contributed by atoms with Crippen molar-refractivity contribution in [3.8, 4) is 5.75 Å². The molecule has 1 saturated heterocycles. The van der Waals surface area contributed by atoms with Gasteiger partial charge in [0.1, 0.15) is 17.5 Å². The second-order valence-electron chi connectivity index (χ2n) is 9.25. The lowest BCUT2D eigenvalue weighted by molar-refractivity contribution is -0.157. The molecule has 4 aliphatic rings. The number of ether oxygens (including phenoxy) is 1. The fraction of sp³-hybridized carbons (Fsp3) is 0.652. The highest BCUT2D eigenvalue weighted by molar-refractivity contribution is 6.00. The number of benzene rings is 1. The molecule has 1 aromatic carbocycles. The molecule has 3 fully saturated rings. The van der Waals surface area contributed by atoms with Gasteiger partial charge in [0.25, 0.3) is 0 Å². The third-order valence-corrected chi connectivity index (χ3v) is 7.68. The van der Waals surface area contributed by atoms with Gasteiger partial charge in [0.15, 0.2) is 0 Å². The Morgan fingerprint density at radius 3 is 2.93 bits per heavy atom. The largest absolute Gasteiger partial charge is 0.508 e. The van der Waals surface area contributed by atoms with Gasteiger partial charge in [-0.25, -0.2) is 0 Å². The molecule has 0 aromatic heterocycles. The minimum Gasteiger partial charge on any atom is -0.508 e. The van der Waals surface area contributed by atoms with E-state index in [9.17, 15) is 14.7 Å². The number of hydrogen-bond acceptors (Lipinski definition) is 5. The lowest BCUT2D eigenvalue weighted by atomic mass is 9.50. The predicted octanol–water partition coefficient (Wildman–Crippen LogP) is 2.83. The maximum Gasteiger partial charge on any atom is 0.316 e. The van der Waals surface area contributed by atoms with Gasteiger partial charge < -0.3 is 9.84 Å². The van der Waals surface area contributed by atoms with E-state index in [1.807, 2.05) is 12.1 Å². The first-order chi connectivity index (χ1) is 13.5. The van der Waals surface area contributed by atoms with Gasteiger partial charge in [0.05, 0.1) is 6.61 Å². The SMILES string of the molecule is CCOC(=O)[C@@H]1CC2C3Cc4ccc(O)cc4C2(CCN3CC2CC2)CC1=O. The molecule has 5 rings (SSSR count). The molecular weight excluding hydrogens is 354 g/mol. The van der Waals surface area contributed by atoms with E-state index < -0.39 is 5.92 Å². The Morgan fingerprint density at radius 1 is 1.36 bits per heavy atom. The molecule has 28 heavy (non-hydrogen) atoms. The summed E-state index contributed by atoms with van der Waals surface area (Å²) in [7, 11) is 0. The van der Waals surface area contributed by atoms with E-state index in [0.717, 1.165) is 37.4 Å². The lowest BCUT2D eigenvalue weighted by Crippen LogP contribution is -2.63. The summed E-state index contributed by atoms with van der Waals surface area (Å²) in [5.41, 5.74) is 2.18. The Morgan fingerprint density at radius 2 is 2.18 bits per heavy atom. The molecule has 0 radical (unpaired) electrons. The second kappa shape index (κ2) is 6.58. The van der Waals surface area contributed by atoms with Crippen molar-refractivity contribution in [3.63, 3.8) is 0 Å². The highest BCUT2D eigenvalue weighted by Gasteiger charge is 2.59. The average Bonchev–Trinajstić information content (AvgIpc) is 3.48. The van der Waals surface area contributed by atoms with Gasteiger partial charge in [-0.2, -0.15) is 0 Å². The number of hydrogen-bond donors (Lipinski definition) is 1. The van der Waals surface area contributed by atoms with E-state index in [4.69, 9.17) is 4.74 Å². The molecule has 3 unspecified atom stereocenters. The Labute approximate surface area is 166 Å². The van der Waals surface area contributed by atoms with E-state index in [0.29, 0.717) is 25.5 Å². The molecule has 1 N–H and O–H groups in total. The van der Waals surface area contributed by atoms with Crippen LogP contribution in [0.1, 0.15) is 50.2 Å². The van der Waals surface area contributed by atoms with Crippen LogP contribution in [0.3, 0.4) is 0 Å². The lowest BCUT2D eigenvalue weighted by Gasteiger charge is -2.59. The number of esters is 1. The molecule has 3 aliphatic carbocycles. The number of ketones is 1. The summed E-state index contributed by atoms with van der Waals surface area (Å²) in [6.07, 6.45) is 5.50. The maximum atomic E-state index is 13.0. The van der Waals surface area contributed by atoms with Crippen LogP contribution in [0.25, 0.3) is 0 Å². The van der Waals surface area contributed by atoms with Crippen molar-refractivity contribution in [1.29, 1.82) is 0 Å². The number of likely N-dealkylation sites (tertiary alicyclic amines) is 1. The molecule has 0 amide bonds. The van der Waals surface area contributed by atoms with Crippen LogP contribution >= 0.6 is 0 Å². The topological polar surface area (TPSA) is 66.8 Å². The molecule has 150 valence electrons. The third kappa shape index (κ3) is 2.78. The van der Waals surface area contributed by atoms with Crippen LogP contribution in [0.2, 0.25) is 0 Å². The van der Waals surface area contributed by atoms with E-state index >= 15 is 0 Å². The van der Waals surface area contributed by atoms with Crippen LogP contribution in [0.4, 0.5) is 0 Å². The Balaban J connectivity index is 1.55. The number of Topliss-reactive ketones (excluding diaryl/α,β-unsaturated/α-hetero) is 1. The molecule has 5 heteroatoms. The smallest absolute Gasteiger partial charge is 0.316 e. The van der Waals surface area contributed by atoms with Gasteiger partial charge in [0.2, 0.25) is 0 Å². The van der Waals surface area contributed by atoms with E-state index in [1.165, 1.54) is 18.4 Å². The van der Waals surface area contributed by atoms with Crippen molar-refractivity contribution < 1.29 is 19.4 Å². The minimum atomic E-state index is -0.625. The Bertz CT molecular complexity index is 817. The van der Waals surface area contributed by atoms with Gasteiger partial charge in [-0.05, 0) is 80.7 Å². The van der Waals surface area contributed by atoms with Crippen molar-refractivity contribution in [3.05, 3.63) is 29.3 Å². The standard InChI is InChI=1S/C23H29NO4/c1-2-28-22(27)17-11-19-20-9-15-5-6-16(25)10-18(15)23(19,12-21(17)26)7-8-24(20)13-14-3-4-14/h5-6,10,14,17,19-20,25H,2-4,7-9,11-13H2,1H3/t17-,19?,20?,23?/m1/s1. The normalized spacial score (nSPS) is 34.5. The van der Waals surface area contributed by atoms with Crippen LogP contribution < -0.4 is 0 Å². The maximum absolute atomic E-state index is 13.0. The summed E-state index contributed by atoms with van der Waals surface area (Å²) in [5.74, 6) is 0.392. The van der Waals surface area contributed by atoms with Gasteiger partial charge in [-0.3, -0.25) is 14.5 Å². The summed E-state index contributed by atoms with van der Waals surface area (Å²) in [4.78, 5) is 28.2. The molecule has 5 nitrogen and oxygen atoms in total. The summed E-state index contributed by atoms with van der Waals surface area (Å²) in [6.45, 7) is 4.25. The summed E-state index contributed by atoms with van der Waals surface area (Å²) in [6, 6.07) is 6.06. The molecule has 1 heterocycles. The first kappa shape index (κ1) is 18.2. The summed E-state index contributed by atoms with van der Waals surface area (Å²) >= 11 is 0. The van der Waals surface area contributed by atoms with Crippen molar-refractivity contribution in [2.75, 3.05) is 19.7 Å². The van der Waals surface area contributed by atoms with Gasteiger partial charge in [-0.15, -0.1) is 0 Å². The molecule has 0 spiro atoms. The molecule has 1 aromatic rings. The van der Waals surface area contributed by atoms with Crippen molar-refractivity contribution in [2.45, 2.75) is 56.9 Å². The zero-order valence-electron chi connectivity index (χ0n) is 16.5. The van der Waals surface area contributed by atoms with Gasteiger partial charge >= 0.3 is 5.97 Å². The fourth-order valence-corrected chi connectivity index (χ4v) is 6.20. The number of carbonyl (C=O) groups is 2. The number of carbonyl (C=O) groups excluding carboxylic acids is 2. The van der Waals surface area contributed by atoms with Crippen LogP contribution in [0, 0.1) is 17.8 Å². The first-order valence-corrected chi connectivity index (χ1v) is 10.8. The number of rotatable bonds is 4. The van der Waals surface area contributed by atoms with E-state index in [1.54, 1.807) is 13.0 Å². The third-order valence-electron chi connectivity index (χ3n) is 7.68. The number of piperidine rings is 1. The van der Waals surface area contributed by atoms with E-state index in [2.05, 4.69) is 4.90 Å². The van der Waals surface area contributed by atoms with Crippen LogP contribution in [-0.2, 0) is 26.2 Å². The molecule has 4 atom stereocenters. The molecule has 1 aliphatic heterocycles. The monoisotopic (exact) mass is 383 g/mol. The number of phenolic OH excluding ortho intramolecular Hbond substituents is 1. The zero-order chi connectivity index (χ0) is 19.5. The van der Waals surface area contributed by atoms with Gasteiger partial charge in [0, 0.05) is 24.4 Å². The predicted molar refractivity (Wildman–Crippen MR) is 104 cm³/mol. The summed E-state index contributed by atoms with van der Waals surface area (Å²) in [5, 5.41) is 10.2. The van der Waals surface area contributed by atoms with Gasteiger partial charge in [-0.1, -0.05) is 6.07 Å².